The smallest absolute Gasteiger partial charge is 0.292 e. The van der Waals surface area contributed by atoms with Crippen LogP contribution in [0.4, 0.5) is 17.1 Å². The minimum absolute atomic E-state index is 0.163. The number of nitrogens with zero attached hydrogens (tertiary/aromatic N) is 3. The van der Waals surface area contributed by atoms with Gasteiger partial charge in [-0.1, -0.05) is 54.6 Å². The first kappa shape index (κ1) is 20.8. The number of hydrazine groups is 1. The van der Waals surface area contributed by atoms with E-state index in [2.05, 4.69) is 44.9 Å². The van der Waals surface area contributed by atoms with Gasteiger partial charge in [-0.15, -0.1) is 0 Å². The summed E-state index contributed by atoms with van der Waals surface area (Å²) in [4.78, 5) is 16.0. The molecule has 0 bridgehead atoms. The quantitative estimate of drug-likeness (QED) is 0.426. The molecule has 2 N–H and O–H groups in total. The lowest BCUT2D eigenvalue weighted by Gasteiger charge is -2.35. The lowest BCUT2D eigenvalue weighted by Crippen LogP contribution is -2.46. The molecule has 0 radical (unpaired) electrons. The van der Waals surface area contributed by atoms with E-state index in [9.17, 15) is 10.1 Å². The van der Waals surface area contributed by atoms with Crippen LogP contribution in [0.3, 0.4) is 0 Å². The van der Waals surface area contributed by atoms with E-state index in [-0.39, 0.29) is 10.6 Å². The standard InChI is InChI=1S/C24H27N5O2/c30-29(31)24-17-21(18-25-26-22-9-5-2-6-10-22)11-12-23(24)28-15-13-27(14-16-28)19-20-7-3-1-4-8-20/h1-12,17,25-26H,13-16,18-19H2. The monoisotopic (exact) mass is 417 g/mol. The van der Waals surface area contributed by atoms with Crippen molar-refractivity contribution < 1.29 is 4.92 Å². The van der Waals surface area contributed by atoms with Gasteiger partial charge in [-0.3, -0.25) is 15.0 Å². The molecular weight excluding hydrogens is 390 g/mol. The first-order valence-corrected chi connectivity index (χ1v) is 10.5. The van der Waals surface area contributed by atoms with Gasteiger partial charge in [0.25, 0.3) is 5.69 Å². The Morgan fingerprint density at radius 3 is 2.19 bits per heavy atom. The fraction of sp³-hybridized carbons (Fsp3) is 0.250. The second-order valence-corrected chi connectivity index (χ2v) is 7.67. The van der Waals surface area contributed by atoms with E-state index in [4.69, 9.17) is 0 Å². The highest BCUT2D eigenvalue weighted by Gasteiger charge is 2.24. The van der Waals surface area contributed by atoms with Gasteiger partial charge >= 0.3 is 0 Å². The van der Waals surface area contributed by atoms with Crippen molar-refractivity contribution in [1.29, 1.82) is 0 Å². The van der Waals surface area contributed by atoms with Gasteiger partial charge in [-0.2, -0.15) is 0 Å². The molecule has 0 aliphatic carbocycles. The van der Waals surface area contributed by atoms with E-state index in [1.807, 2.05) is 48.5 Å². The molecular formula is C24H27N5O2. The van der Waals surface area contributed by atoms with Gasteiger partial charge in [0, 0.05) is 51.0 Å². The second-order valence-electron chi connectivity index (χ2n) is 7.67. The van der Waals surface area contributed by atoms with Gasteiger partial charge in [0.05, 0.1) is 4.92 Å². The molecule has 4 rings (SSSR count). The Morgan fingerprint density at radius 2 is 1.52 bits per heavy atom. The van der Waals surface area contributed by atoms with E-state index in [1.54, 1.807) is 6.07 Å². The molecule has 0 amide bonds. The van der Waals surface area contributed by atoms with Crippen LogP contribution < -0.4 is 15.8 Å². The summed E-state index contributed by atoms with van der Waals surface area (Å²) >= 11 is 0. The van der Waals surface area contributed by atoms with Crippen molar-refractivity contribution in [3.05, 3.63) is 100 Å². The average molecular weight is 418 g/mol. The predicted octanol–water partition coefficient (Wildman–Crippen LogP) is 4.03. The van der Waals surface area contributed by atoms with Crippen LogP contribution in [0.5, 0.6) is 0 Å². The molecule has 7 heteroatoms. The Balaban J connectivity index is 1.36. The van der Waals surface area contributed by atoms with Crippen molar-refractivity contribution in [2.75, 3.05) is 36.5 Å². The molecule has 3 aromatic carbocycles. The number of hydrogen-bond donors (Lipinski definition) is 2. The number of anilines is 2. The largest absolute Gasteiger partial charge is 0.363 e. The molecule has 0 saturated carbocycles. The Kier molecular flexibility index (Phi) is 6.76. The number of nitrogens with one attached hydrogen (secondary N) is 2. The summed E-state index contributed by atoms with van der Waals surface area (Å²) in [5.74, 6) is 0. The van der Waals surface area contributed by atoms with Gasteiger partial charge in [-0.05, 0) is 29.3 Å². The van der Waals surface area contributed by atoms with Crippen molar-refractivity contribution in [2.24, 2.45) is 0 Å². The maximum Gasteiger partial charge on any atom is 0.292 e. The second kappa shape index (κ2) is 10.1. The first-order valence-electron chi connectivity index (χ1n) is 10.5. The molecule has 1 heterocycles. The Morgan fingerprint density at radius 1 is 0.839 bits per heavy atom. The van der Waals surface area contributed by atoms with Crippen LogP contribution in [0, 0.1) is 10.1 Å². The van der Waals surface area contributed by atoms with Crippen LogP contribution in [0.2, 0.25) is 0 Å². The van der Waals surface area contributed by atoms with Crippen LogP contribution in [0.25, 0.3) is 0 Å². The van der Waals surface area contributed by atoms with Crippen molar-refractivity contribution in [2.45, 2.75) is 13.1 Å². The summed E-state index contributed by atoms with van der Waals surface area (Å²) in [6.45, 7) is 4.73. The Bertz CT molecular complexity index is 989. The van der Waals surface area contributed by atoms with Crippen LogP contribution >= 0.6 is 0 Å². The molecule has 1 fully saturated rings. The van der Waals surface area contributed by atoms with Gasteiger partial charge in [0.1, 0.15) is 5.69 Å². The summed E-state index contributed by atoms with van der Waals surface area (Å²) in [5, 5.41) is 11.7. The molecule has 7 nitrogen and oxygen atoms in total. The minimum Gasteiger partial charge on any atom is -0.363 e. The highest BCUT2D eigenvalue weighted by Crippen LogP contribution is 2.30. The topological polar surface area (TPSA) is 73.7 Å². The molecule has 1 aliphatic rings. The fourth-order valence-corrected chi connectivity index (χ4v) is 3.85. The molecule has 0 spiro atoms. The number of nitro benzene ring substituents is 1. The molecule has 0 unspecified atom stereocenters. The maximum absolute atomic E-state index is 11.7. The molecule has 3 aromatic rings. The number of benzene rings is 3. The minimum atomic E-state index is -0.278. The number of nitro groups is 1. The first-order chi connectivity index (χ1) is 15.2. The van der Waals surface area contributed by atoms with Crippen molar-refractivity contribution in [3.8, 4) is 0 Å². The lowest BCUT2D eigenvalue weighted by molar-refractivity contribution is -0.384. The van der Waals surface area contributed by atoms with E-state index in [0.29, 0.717) is 12.2 Å². The number of para-hydroxylation sites is 1. The SMILES string of the molecule is O=[N+]([O-])c1cc(CNNc2ccccc2)ccc1N1CCN(Cc2ccccc2)CC1. The van der Waals surface area contributed by atoms with E-state index >= 15 is 0 Å². The van der Waals surface area contributed by atoms with Crippen molar-refractivity contribution in [1.82, 2.24) is 10.3 Å². The average Bonchev–Trinajstić information content (AvgIpc) is 2.81. The maximum atomic E-state index is 11.7. The molecule has 0 aromatic heterocycles. The zero-order valence-corrected chi connectivity index (χ0v) is 17.4. The van der Waals surface area contributed by atoms with Crippen molar-refractivity contribution >= 4 is 17.1 Å². The zero-order valence-electron chi connectivity index (χ0n) is 17.4. The van der Waals surface area contributed by atoms with E-state index < -0.39 is 0 Å². The van der Waals surface area contributed by atoms with Crippen LogP contribution in [0.1, 0.15) is 11.1 Å². The molecule has 1 aliphatic heterocycles. The zero-order chi connectivity index (χ0) is 21.5. The lowest BCUT2D eigenvalue weighted by atomic mass is 10.1. The number of piperazine rings is 1. The van der Waals surface area contributed by atoms with Gasteiger partial charge in [-0.25, -0.2) is 5.43 Å². The van der Waals surface area contributed by atoms with Gasteiger partial charge < -0.3 is 10.3 Å². The van der Waals surface area contributed by atoms with Crippen LogP contribution in [0.15, 0.2) is 78.9 Å². The number of hydrogen-bond acceptors (Lipinski definition) is 6. The molecule has 1 saturated heterocycles. The number of rotatable bonds is 8. The Hall–Kier alpha value is -3.42. The van der Waals surface area contributed by atoms with E-state index in [1.165, 1.54) is 5.56 Å². The van der Waals surface area contributed by atoms with Crippen LogP contribution in [-0.2, 0) is 13.1 Å². The molecule has 31 heavy (non-hydrogen) atoms. The highest BCUT2D eigenvalue weighted by atomic mass is 16.6. The third-order valence-electron chi connectivity index (χ3n) is 5.50. The molecule has 0 atom stereocenters. The summed E-state index contributed by atoms with van der Waals surface area (Å²) < 4.78 is 0. The van der Waals surface area contributed by atoms with Crippen LogP contribution in [-0.4, -0.2) is 36.0 Å². The Labute approximate surface area is 182 Å². The third kappa shape index (κ3) is 5.59. The summed E-state index contributed by atoms with van der Waals surface area (Å²) in [6, 6.07) is 25.7. The normalized spacial score (nSPS) is 14.4. The fourth-order valence-electron chi connectivity index (χ4n) is 3.85. The van der Waals surface area contributed by atoms with Crippen molar-refractivity contribution in [3.63, 3.8) is 0 Å². The highest BCUT2D eigenvalue weighted by molar-refractivity contribution is 5.64. The third-order valence-corrected chi connectivity index (χ3v) is 5.50. The molecule has 160 valence electrons. The van der Waals surface area contributed by atoms with Gasteiger partial charge in [0.2, 0.25) is 0 Å². The summed E-state index contributed by atoms with van der Waals surface area (Å²) in [5.41, 5.74) is 10.2. The van der Waals surface area contributed by atoms with E-state index in [0.717, 1.165) is 44.0 Å². The summed E-state index contributed by atoms with van der Waals surface area (Å²) in [6.07, 6.45) is 0. The predicted molar refractivity (Wildman–Crippen MR) is 124 cm³/mol. The summed E-state index contributed by atoms with van der Waals surface area (Å²) in [7, 11) is 0. The van der Waals surface area contributed by atoms with Gasteiger partial charge in [0.15, 0.2) is 0 Å².